The largest absolute Gasteiger partial charge is 0.465 e. The van der Waals surface area contributed by atoms with Crippen LogP contribution in [0.15, 0.2) is 29.8 Å². The van der Waals surface area contributed by atoms with Crippen molar-refractivity contribution in [2.45, 2.75) is 6.54 Å². The highest BCUT2D eigenvalue weighted by molar-refractivity contribution is 7.09. The minimum Gasteiger partial charge on any atom is -0.465 e. The zero-order valence-corrected chi connectivity index (χ0v) is 11.2. The van der Waals surface area contributed by atoms with Crippen molar-refractivity contribution < 1.29 is 9.53 Å². The number of ether oxygens (including phenoxy) is 1. The van der Waals surface area contributed by atoms with Crippen molar-refractivity contribution in [1.82, 2.24) is 4.98 Å². The van der Waals surface area contributed by atoms with Crippen LogP contribution >= 0.6 is 22.9 Å². The lowest BCUT2D eigenvalue weighted by atomic mass is 10.2. The zero-order valence-electron chi connectivity index (χ0n) is 9.64. The molecule has 6 heteroatoms. The molecule has 0 fully saturated rings. The van der Waals surface area contributed by atoms with Crippen LogP contribution < -0.4 is 5.32 Å². The first kappa shape index (κ1) is 12.9. The predicted octanol–water partition coefficient (Wildman–Crippen LogP) is 3.20. The van der Waals surface area contributed by atoms with E-state index in [1.165, 1.54) is 7.11 Å². The van der Waals surface area contributed by atoms with Gasteiger partial charge in [0, 0.05) is 17.3 Å². The smallest absolute Gasteiger partial charge is 0.339 e. The number of benzene rings is 1. The monoisotopic (exact) mass is 282 g/mol. The Balaban J connectivity index is 2.12. The van der Waals surface area contributed by atoms with Gasteiger partial charge in [0.05, 0.1) is 24.2 Å². The van der Waals surface area contributed by atoms with Gasteiger partial charge in [-0.15, -0.1) is 11.3 Å². The number of hydrogen-bond acceptors (Lipinski definition) is 5. The zero-order chi connectivity index (χ0) is 13.0. The molecule has 1 heterocycles. The standard InChI is InChI=1S/C12H11ClN2O2S/c1-17-12(16)9-6-8(2-3-10(9)13)15-7-11-14-4-5-18-11/h2-6,15H,7H2,1H3. The average molecular weight is 283 g/mol. The summed E-state index contributed by atoms with van der Waals surface area (Å²) in [6, 6.07) is 5.14. The van der Waals surface area contributed by atoms with Gasteiger partial charge in [0.25, 0.3) is 0 Å². The molecule has 1 N–H and O–H groups in total. The molecule has 0 aliphatic heterocycles. The number of carbonyl (C=O) groups is 1. The van der Waals surface area contributed by atoms with Gasteiger partial charge in [-0.2, -0.15) is 0 Å². The maximum absolute atomic E-state index is 11.5. The number of anilines is 1. The molecule has 0 bridgehead atoms. The van der Waals surface area contributed by atoms with Gasteiger partial charge in [-0.05, 0) is 18.2 Å². The molecule has 2 rings (SSSR count). The second kappa shape index (κ2) is 5.84. The van der Waals surface area contributed by atoms with E-state index in [-0.39, 0.29) is 0 Å². The topological polar surface area (TPSA) is 51.2 Å². The summed E-state index contributed by atoms with van der Waals surface area (Å²) in [5, 5.41) is 6.44. The molecule has 4 nitrogen and oxygen atoms in total. The third-order valence-electron chi connectivity index (χ3n) is 2.30. The number of nitrogens with zero attached hydrogens (tertiary/aromatic N) is 1. The third kappa shape index (κ3) is 3.00. The van der Waals surface area contributed by atoms with Crippen LogP contribution in [0.4, 0.5) is 5.69 Å². The molecule has 0 aliphatic carbocycles. The molecular weight excluding hydrogens is 272 g/mol. The van der Waals surface area contributed by atoms with Gasteiger partial charge in [0.1, 0.15) is 5.01 Å². The number of methoxy groups -OCH3 is 1. The molecule has 0 radical (unpaired) electrons. The van der Waals surface area contributed by atoms with Crippen molar-refractivity contribution in [2.75, 3.05) is 12.4 Å². The van der Waals surface area contributed by atoms with E-state index in [1.54, 1.807) is 29.7 Å². The van der Waals surface area contributed by atoms with Crippen LogP contribution in [-0.4, -0.2) is 18.1 Å². The molecule has 0 spiro atoms. The Morgan fingerprint density at radius 3 is 3.06 bits per heavy atom. The minimum absolute atomic E-state index is 0.350. The fraction of sp³-hybridized carbons (Fsp3) is 0.167. The summed E-state index contributed by atoms with van der Waals surface area (Å²) in [7, 11) is 1.33. The van der Waals surface area contributed by atoms with E-state index in [0.717, 1.165) is 10.7 Å². The Kier molecular flexibility index (Phi) is 4.17. The average Bonchev–Trinajstić information content (AvgIpc) is 2.90. The first-order chi connectivity index (χ1) is 8.70. The molecule has 2 aromatic rings. The SMILES string of the molecule is COC(=O)c1cc(NCc2nccs2)ccc1Cl. The molecule has 0 atom stereocenters. The highest BCUT2D eigenvalue weighted by Gasteiger charge is 2.11. The van der Waals surface area contributed by atoms with Crippen LogP contribution in [0.2, 0.25) is 5.02 Å². The summed E-state index contributed by atoms with van der Waals surface area (Å²) >= 11 is 7.50. The summed E-state index contributed by atoms with van der Waals surface area (Å²) in [5.74, 6) is -0.446. The van der Waals surface area contributed by atoms with Gasteiger partial charge in [0.15, 0.2) is 0 Å². The van der Waals surface area contributed by atoms with Crippen LogP contribution in [0.3, 0.4) is 0 Å². The molecule has 94 valence electrons. The fourth-order valence-corrected chi connectivity index (χ4v) is 2.17. The summed E-state index contributed by atoms with van der Waals surface area (Å²) in [4.78, 5) is 15.6. The Morgan fingerprint density at radius 1 is 1.56 bits per heavy atom. The summed E-state index contributed by atoms with van der Waals surface area (Å²) < 4.78 is 4.66. The molecule has 0 saturated heterocycles. The fourth-order valence-electron chi connectivity index (χ4n) is 1.42. The van der Waals surface area contributed by atoms with Crippen LogP contribution in [0, 0.1) is 0 Å². The van der Waals surface area contributed by atoms with E-state index in [2.05, 4.69) is 15.0 Å². The first-order valence-corrected chi connectivity index (χ1v) is 6.46. The summed E-state index contributed by atoms with van der Waals surface area (Å²) in [6.45, 7) is 0.611. The van der Waals surface area contributed by atoms with E-state index in [1.807, 2.05) is 11.4 Å². The van der Waals surface area contributed by atoms with Gasteiger partial charge in [-0.1, -0.05) is 11.6 Å². The van der Waals surface area contributed by atoms with E-state index in [9.17, 15) is 4.79 Å². The van der Waals surface area contributed by atoms with Gasteiger partial charge < -0.3 is 10.1 Å². The Morgan fingerprint density at radius 2 is 2.39 bits per heavy atom. The maximum atomic E-state index is 11.5. The van der Waals surface area contributed by atoms with Crippen molar-refractivity contribution in [3.05, 3.63) is 45.4 Å². The second-order valence-electron chi connectivity index (χ2n) is 3.47. The van der Waals surface area contributed by atoms with Crippen molar-refractivity contribution in [2.24, 2.45) is 0 Å². The number of hydrogen-bond donors (Lipinski definition) is 1. The Hall–Kier alpha value is -1.59. The van der Waals surface area contributed by atoms with E-state index >= 15 is 0 Å². The molecule has 0 saturated carbocycles. The van der Waals surface area contributed by atoms with Gasteiger partial charge >= 0.3 is 5.97 Å². The Bertz CT molecular complexity index is 543. The molecule has 0 unspecified atom stereocenters. The summed E-state index contributed by atoms with van der Waals surface area (Å²) in [5.41, 5.74) is 1.15. The van der Waals surface area contributed by atoms with Crippen LogP contribution in [0.1, 0.15) is 15.4 Å². The lowest BCUT2D eigenvalue weighted by Gasteiger charge is -2.07. The lowest BCUT2D eigenvalue weighted by molar-refractivity contribution is 0.0601. The third-order valence-corrected chi connectivity index (χ3v) is 3.41. The number of nitrogens with one attached hydrogen (secondary N) is 1. The van der Waals surface area contributed by atoms with Gasteiger partial charge in [0.2, 0.25) is 0 Å². The molecule has 0 amide bonds. The molecule has 1 aromatic carbocycles. The van der Waals surface area contributed by atoms with Crippen LogP contribution in [-0.2, 0) is 11.3 Å². The number of carbonyl (C=O) groups excluding carboxylic acids is 1. The number of aromatic nitrogens is 1. The highest BCUT2D eigenvalue weighted by atomic mass is 35.5. The van der Waals surface area contributed by atoms with Crippen LogP contribution in [0.25, 0.3) is 0 Å². The number of halogens is 1. The van der Waals surface area contributed by atoms with Crippen molar-refractivity contribution in [3.8, 4) is 0 Å². The quantitative estimate of drug-likeness (QED) is 0.875. The summed E-state index contributed by atoms with van der Waals surface area (Å²) in [6.07, 6.45) is 1.75. The van der Waals surface area contributed by atoms with Crippen molar-refractivity contribution >= 4 is 34.6 Å². The number of rotatable bonds is 4. The van der Waals surface area contributed by atoms with Crippen LogP contribution in [0.5, 0.6) is 0 Å². The normalized spacial score (nSPS) is 10.1. The molecule has 0 aliphatic rings. The molecule has 18 heavy (non-hydrogen) atoms. The predicted molar refractivity (Wildman–Crippen MR) is 72.2 cm³/mol. The molecule has 1 aromatic heterocycles. The van der Waals surface area contributed by atoms with E-state index < -0.39 is 5.97 Å². The number of esters is 1. The minimum atomic E-state index is -0.446. The second-order valence-corrected chi connectivity index (χ2v) is 4.85. The van der Waals surface area contributed by atoms with E-state index in [4.69, 9.17) is 11.6 Å². The lowest BCUT2D eigenvalue weighted by Crippen LogP contribution is -2.04. The molecular formula is C12H11ClN2O2S. The van der Waals surface area contributed by atoms with Crippen molar-refractivity contribution in [3.63, 3.8) is 0 Å². The first-order valence-electron chi connectivity index (χ1n) is 5.21. The maximum Gasteiger partial charge on any atom is 0.339 e. The highest BCUT2D eigenvalue weighted by Crippen LogP contribution is 2.22. The van der Waals surface area contributed by atoms with E-state index in [0.29, 0.717) is 17.1 Å². The van der Waals surface area contributed by atoms with Gasteiger partial charge in [-0.3, -0.25) is 0 Å². The van der Waals surface area contributed by atoms with Gasteiger partial charge in [-0.25, -0.2) is 9.78 Å². The Labute approximate surface area is 114 Å². The number of thiazole rings is 1. The van der Waals surface area contributed by atoms with Crippen molar-refractivity contribution in [1.29, 1.82) is 0 Å².